The first-order valence-electron chi connectivity index (χ1n) is 34.8. The van der Waals surface area contributed by atoms with Gasteiger partial charge in [0.05, 0.1) is 81.3 Å². The summed E-state index contributed by atoms with van der Waals surface area (Å²) in [6.45, 7) is 6.37. The zero-order valence-corrected chi connectivity index (χ0v) is 57.7. The Hall–Kier alpha value is -10.8. The molecular weight excluding hydrogens is 1310 g/mol. The van der Waals surface area contributed by atoms with Gasteiger partial charge in [-0.3, -0.25) is 38.4 Å². The molecule has 28 nitrogen and oxygen atoms in total. The Morgan fingerprint density at radius 3 is 1.98 bits per heavy atom. The number of benzene rings is 5. The highest BCUT2D eigenvalue weighted by atomic mass is 16.6. The van der Waals surface area contributed by atoms with E-state index in [9.17, 15) is 48.3 Å². The minimum atomic E-state index is -1.47. The Labute approximate surface area is 589 Å². The lowest BCUT2D eigenvalue weighted by molar-refractivity contribution is -0.132. The lowest BCUT2D eigenvalue weighted by Gasteiger charge is -2.31. The van der Waals surface area contributed by atoms with Gasteiger partial charge in [0.1, 0.15) is 30.1 Å². The summed E-state index contributed by atoms with van der Waals surface area (Å²) in [5.74, 6) is -2.74. The maximum Gasteiger partial charge on any atom is 0.416 e. The molecule has 2 spiro atoms. The van der Waals surface area contributed by atoms with E-state index in [0.717, 1.165) is 47.5 Å². The number of anilines is 4. The van der Waals surface area contributed by atoms with E-state index in [1.54, 1.807) is 61.1 Å². The summed E-state index contributed by atoms with van der Waals surface area (Å²) >= 11 is 0. The van der Waals surface area contributed by atoms with Crippen molar-refractivity contribution < 1.29 is 71.9 Å². The predicted octanol–water partition coefficient (Wildman–Crippen LogP) is 6.82. The Kier molecular flexibility index (Phi) is 20.1. The third-order valence-corrected chi connectivity index (χ3v) is 20.5. The molecule has 2 saturated carbocycles. The van der Waals surface area contributed by atoms with Gasteiger partial charge in [0, 0.05) is 67.5 Å². The number of aromatic nitrogens is 3. The summed E-state index contributed by atoms with van der Waals surface area (Å²) in [6, 6.07) is 25.3. The van der Waals surface area contributed by atoms with Gasteiger partial charge in [0.25, 0.3) is 11.8 Å². The van der Waals surface area contributed by atoms with Crippen LogP contribution >= 0.6 is 0 Å². The van der Waals surface area contributed by atoms with Gasteiger partial charge in [-0.25, -0.2) is 9.69 Å². The lowest BCUT2D eigenvalue weighted by Crippen LogP contribution is -2.55. The number of carbonyl (C=O) groups is 9. The zero-order valence-electron chi connectivity index (χ0n) is 57.7. The number of nitrogens with one attached hydrogen (secondary N) is 7. The molecule has 5 aromatic carbocycles. The first-order chi connectivity index (χ1) is 49.2. The Balaban J connectivity index is 0.555. The number of aliphatic hydroxyl groups excluding tert-OH is 1. The quantitative estimate of drug-likeness (QED) is 0.0273. The summed E-state index contributed by atoms with van der Waals surface area (Å²) in [6.07, 6.45) is 4.92. The second-order valence-corrected chi connectivity index (χ2v) is 28.0. The molecule has 1 aromatic heterocycles. The molecule has 4 fully saturated rings. The Morgan fingerprint density at radius 2 is 1.27 bits per heavy atom. The largest absolute Gasteiger partial charge is 0.493 e. The van der Waals surface area contributed by atoms with Crippen molar-refractivity contribution in [3.05, 3.63) is 119 Å². The van der Waals surface area contributed by atoms with Gasteiger partial charge in [-0.05, 0) is 123 Å². The second-order valence-electron chi connectivity index (χ2n) is 28.0. The van der Waals surface area contributed by atoms with Crippen LogP contribution in [0.25, 0.3) is 22.5 Å². The number of methoxy groups -OCH3 is 2. The van der Waals surface area contributed by atoms with Gasteiger partial charge in [0.15, 0.2) is 29.2 Å². The van der Waals surface area contributed by atoms with Crippen molar-refractivity contribution in [2.24, 2.45) is 16.7 Å². The molecule has 28 heteroatoms. The van der Waals surface area contributed by atoms with Crippen molar-refractivity contribution in [2.75, 3.05) is 80.6 Å². The Bertz CT molecular complexity index is 4250. The van der Waals surface area contributed by atoms with E-state index >= 15 is 0 Å². The smallest absolute Gasteiger partial charge is 0.416 e. The fraction of sp³-hybridized carbons (Fsp3) is 0.446. The molecule has 2 saturated heterocycles. The molecule has 7 aliphatic rings. The van der Waals surface area contributed by atoms with E-state index in [-0.39, 0.29) is 84.5 Å². The molecule has 0 bridgehead atoms. The van der Waals surface area contributed by atoms with Crippen LogP contribution in [0.4, 0.5) is 27.5 Å². The van der Waals surface area contributed by atoms with Crippen LogP contribution in [-0.2, 0) is 46.7 Å². The number of amides is 9. The molecular formula is C74H85N13O15. The van der Waals surface area contributed by atoms with Crippen LogP contribution < -0.4 is 60.6 Å². The number of rotatable bonds is 25. The molecule has 2 aliphatic carbocycles. The van der Waals surface area contributed by atoms with Crippen LogP contribution in [0.1, 0.15) is 123 Å². The summed E-state index contributed by atoms with van der Waals surface area (Å²) in [5, 5.41) is 40.1. The first-order valence-corrected chi connectivity index (χ1v) is 34.8. The van der Waals surface area contributed by atoms with Crippen LogP contribution in [0.3, 0.4) is 0 Å². The first kappa shape index (κ1) is 69.7. The second kappa shape index (κ2) is 29.4. The molecule has 1 unspecified atom stereocenters. The summed E-state index contributed by atoms with van der Waals surface area (Å²) in [7, 11) is 3.03. The number of para-hydroxylation sites is 1. The average Bonchev–Trinajstić information content (AvgIpc) is 1.59. The third-order valence-electron chi connectivity index (χ3n) is 20.5. The third kappa shape index (κ3) is 14.9. The number of aliphatic hydroxyl groups is 1. The van der Waals surface area contributed by atoms with E-state index in [1.807, 2.05) is 59.5 Å². The van der Waals surface area contributed by atoms with Gasteiger partial charge >= 0.3 is 6.09 Å². The highest BCUT2D eigenvalue weighted by molar-refractivity contribution is 6.07. The number of carbonyl (C=O) groups excluding carboxylic acids is 9. The van der Waals surface area contributed by atoms with E-state index in [2.05, 4.69) is 47.3 Å². The predicted molar refractivity (Wildman–Crippen MR) is 373 cm³/mol. The van der Waals surface area contributed by atoms with Crippen molar-refractivity contribution in [3.8, 4) is 45.5 Å². The Morgan fingerprint density at radius 1 is 0.647 bits per heavy atom. The molecule has 102 heavy (non-hydrogen) atoms. The zero-order chi connectivity index (χ0) is 71.6. The van der Waals surface area contributed by atoms with E-state index in [1.165, 1.54) is 39.0 Å². The van der Waals surface area contributed by atoms with Gasteiger partial charge in [0.2, 0.25) is 35.4 Å². The number of hydrogen-bond donors (Lipinski definition) is 8. The summed E-state index contributed by atoms with van der Waals surface area (Å²) in [5.41, 5.74) is 6.80. The van der Waals surface area contributed by atoms with E-state index < -0.39 is 79.0 Å². The number of nitrogens with zero attached hydrogens (tertiary/aromatic N) is 6. The van der Waals surface area contributed by atoms with E-state index in [0.29, 0.717) is 102 Å². The highest BCUT2D eigenvalue weighted by Crippen LogP contribution is 2.58. The van der Waals surface area contributed by atoms with Gasteiger partial charge in [-0.15, -0.1) is 0 Å². The van der Waals surface area contributed by atoms with Crippen LogP contribution in [-0.4, -0.2) is 174 Å². The van der Waals surface area contributed by atoms with Crippen molar-refractivity contribution in [1.29, 1.82) is 0 Å². The fourth-order valence-electron chi connectivity index (χ4n) is 14.4. The molecule has 0 radical (unpaired) electrons. The van der Waals surface area contributed by atoms with Gasteiger partial charge < -0.3 is 75.4 Å². The molecule has 5 aliphatic heterocycles. The summed E-state index contributed by atoms with van der Waals surface area (Å²) < 4.78 is 29.8. The van der Waals surface area contributed by atoms with Crippen LogP contribution in [0, 0.1) is 16.7 Å². The fourth-order valence-corrected chi connectivity index (χ4v) is 14.4. The SMILES string of the molecule is COc1cc2c(cc1OCCCCCOc1cc3c(cc1OC)C(=O)N1CC4(CC4)C[C@H]1C(O)N3C(=O)OCc1ccc(NC(=O)[C@H](C)NC(=O)[C@@H](NC(=O)CNC(=O)CNC(=O)CCC(=O)N3Cc4ccccc4-c4n[nH]nc4-c4ccccc43)C(C)C)cc1)NC[C@@H]1CC3(CC3)CN1C2=O. The number of hydrogen-bond acceptors (Lipinski definition) is 18. The van der Waals surface area contributed by atoms with Gasteiger partial charge in [-0.1, -0.05) is 68.4 Å². The van der Waals surface area contributed by atoms with Crippen LogP contribution in [0.15, 0.2) is 97.1 Å². The molecule has 6 aromatic rings. The maximum absolute atomic E-state index is 14.5. The monoisotopic (exact) mass is 1400 g/mol. The molecule has 13 rings (SSSR count). The molecule has 6 heterocycles. The number of ether oxygens (including phenoxy) is 5. The molecule has 9 amide bonds. The minimum absolute atomic E-state index is 0.0181. The number of H-pyrrole nitrogens is 1. The number of unbranched alkanes of at least 4 members (excludes halogenated alkanes) is 2. The van der Waals surface area contributed by atoms with Crippen molar-refractivity contribution in [3.63, 3.8) is 0 Å². The standard InChI is InChI=1S/C74H85N13O15/c1-42(2)64(80-62(90)37-77-61(89)36-76-60(88)21-22-63(91)84-38-45-13-7-8-14-48(45)65-66(82-83-81-65)49-15-9-10-16-53(49)84)68(93)78-43(3)67(92)79-46-19-17-44(18-20-46)39-102-72(97)87-54-32-59(57(99-5)30-51(54)70(95)86-41-74(25-26-74)34-55(86)71(87)96)101-28-12-6-11-27-100-58-31-52-50(29-56(58)98-4)69(94)85-40-73(23-24-73)33-47(85)35-75-52/h7-10,13-20,29-32,42-43,47,55,64,71,75,96H,6,11-12,21-28,33-41H2,1-5H3,(H,76,88)(H,77,89)(H,78,93)(H,79,92)(H,80,90)(H,81,82,83)/t43-,47-,55-,64-,71?/m0/s1. The van der Waals surface area contributed by atoms with Crippen LogP contribution in [0.2, 0.25) is 0 Å². The number of fused-ring (bicyclic) bond motifs is 9. The molecule has 8 N–H and O–H groups in total. The average molecular weight is 1400 g/mol. The topological polar surface area (TPSA) is 347 Å². The normalized spacial score (nSPS) is 18.9. The minimum Gasteiger partial charge on any atom is -0.493 e. The van der Waals surface area contributed by atoms with Gasteiger partial charge in [-0.2, -0.15) is 15.4 Å². The molecule has 536 valence electrons. The van der Waals surface area contributed by atoms with E-state index in [4.69, 9.17) is 23.7 Å². The van der Waals surface area contributed by atoms with Crippen LogP contribution in [0.5, 0.6) is 23.0 Å². The molecule has 5 atom stereocenters. The van der Waals surface area contributed by atoms with Crippen molar-refractivity contribution in [2.45, 2.75) is 135 Å². The van der Waals surface area contributed by atoms with Crippen molar-refractivity contribution in [1.82, 2.24) is 46.5 Å². The van der Waals surface area contributed by atoms with Crippen molar-refractivity contribution >= 4 is 76.1 Å². The summed E-state index contributed by atoms with van der Waals surface area (Å²) in [4.78, 5) is 129. The lowest BCUT2D eigenvalue weighted by atomic mass is 9.95. The maximum atomic E-state index is 14.5. The highest BCUT2D eigenvalue weighted by Gasteiger charge is 2.58. The number of aromatic amines is 1.